The number of amides is 1. The molecule has 0 aliphatic heterocycles. The third-order valence-corrected chi connectivity index (χ3v) is 3.38. The van der Waals surface area contributed by atoms with Crippen molar-refractivity contribution in [2.24, 2.45) is 11.8 Å². The lowest BCUT2D eigenvalue weighted by molar-refractivity contribution is -0.142. The zero-order valence-corrected chi connectivity index (χ0v) is 12.9. The Morgan fingerprint density at radius 3 is 2.15 bits per heavy atom. The lowest BCUT2D eigenvalue weighted by Gasteiger charge is -2.21. The second kappa shape index (κ2) is 9.50. The average molecular weight is 285 g/mol. The SMILES string of the molecule is CCCCCC(=O)C[C@H](C(=O)N[C@@H](C)C(=O)O)C(C)C. The second-order valence-corrected chi connectivity index (χ2v) is 5.62. The molecule has 0 bridgehead atoms. The van der Waals surface area contributed by atoms with Crippen LogP contribution in [0.5, 0.6) is 0 Å². The maximum Gasteiger partial charge on any atom is 0.325 e. The van der Waals surface area contributed by atoms with Crippen LogP contribution in [0.3, 0.4) is 0 Å². The average Bonchev–Trinajstić information content (AvgIpc) is 2.35. The van der Waals surface area contributed by atoms with Crippen LogP contribution in [0.15, 0.2) is 0 Å². The number of unbranched alkanes of at least 4 members (excludes halogenated alkanes) is 2. The van der Waals surface area contributed by atoms with Crippen molar-refractivity contribution >= 4 is 17.7 Å². The Morgan fingerprint density at radius 1 is 1.10 bits per heavy atom. The molecule has 0 rings (SSSR count). The molecule has 0 spiro atoms. The zero-order valence-electron chi connectivity index (χ0n) is 12.9. The maximum atomic E-state index is 12.0. The molecule has 0 aromatic carbocycles. The van der Waals surface area contributed by atoms with E-state index >= 15 is 0 Å². The van der Waals surface area contributed by atoms with Gasteiger partial charge in [0.05, 0.1) is 0 Å². The van der Waals surface area contributed by atoms with Crippen molar-refractivity contribution in [1.29, 1.82) is 0 Å². The highest BCUT2D eigenvalue weighted by atomic mass is 16.4. The number of hydrogen-bond donors (Lipinski definition) is 2. The van der Waals surface area contributed by atoms with Gasteiger partial charge in [0.15, 0.2) is 0 Å². The number of carboxylic acid groups (broad SMARTS) is 1. The van der Waals surface area contributed by atoms with Crippen molar-refractivity contribution < 1.29 is 19.5 Å². The number of nitrogens with one attached hydrogen (secondary N) is 1. The molecule has 20 heavy (non-hydrogen) atoms. The normalized spacial score (nSPS) is 13.8. The fourth-order valence-electron chi connectivity index (χ4n) is 1.93. The first-order chi connectivity index (χ1) is 9.29. The van der Waals surface area contributed by atoms with Crippen molar-refractivity contribution in [3.8, 4) is 0 Å². The second-order valence-electron chi connectivity index (χ2n) is 5.62. The minimum Gasteiger partial charge on any atom is -0.480 e. The quantitative estimate of drug-likeness (QED) is 0.604. The topological polar surface area (TPSA) is 83.5 Å². The van der Waals surface area contributed by atoms with Gasteiger partial charge in [0.1, 0.15) is 11.8 Å². The molecule has 2 N–H and O–H groups in total. The third-order valence-electron chi connectivity index (χ3n) is 3.38. The third kappa shape index (κ3) is 7.26. The van der Waals surface area contributed by atoms with E-state index in [9.17, 15) is 14.4 Å². The van der Waals surface area contributed by atoms with Crippen molar-refractivity contribution in [1.82, 2.24) is 5.32 Å². The molecule has 0 aliphatic carbocycles. The van der Waals surface area contributed by atoms with E-state index in [4.69, 9.17) is 5.11 Å². The summed E-state index contributed by atoms with van der Waals surface area (Å²) in [5.74, 6) is -1.79. The van der Waals surface area contributed by atoms with Gasteiger partial charge < -0.3 is 10.4 Å². The van der Waals surface area contributed by atoms with Crippen LogP contribution in [0.1, 0.15) is 59.8 Å². The summed E-state index contributed by atoms with van der Waals surface area (Å²) in [4.78, 5) is 34.6. The molecule has 0 fully saturated rings. The lowest BCUT2D eigenvalue weighted by Crippen LogP contribution is -2.43. The molecule has 0 aromatic heterocycles. The molecule has 0 saturated heterocycles. The zero-order chi connectivity index (χ0) is 15.7. The van der Waals surface area contributed by atoms with E-state index in [0.29, 0.717) is 6.42 Å². The predicted octanol–water partition coefficient (Wildman–Crippen LogP) is 2.39. The molecule has 0 radical (unpaired) electrons. The molecular formula is C15H27NO4. The van der Waals surface area contributed by atoms with E-state index in [2.05, 4.69) is 12.2 Å². The van der Waals surface area contributed by atoms with Gasteiger partial charge in [-0.3, -0.25) is 14.4 Å². The molecule has 116 valence electrons. The van der Waals surface area contributed by atoms with Crippen LogP contribution in [-0.4, -0.2) is 28.8 Å². The Hall–Kier alpha value is -1.39. The van der Waals surface area contributed by atoms with Gasteiger partial charge in [-0.15, -0.1) is 0 Å². The number of carbonyl (C=O) groups excluding carboxylic acids is 2. The highest BCUT2D eigenvalue weighted by Crippen LogP contribution is 2.18. The molecule has 0 aromatic rings. The van der Waals surface area contributed by atoms with Crippen LogP contribution in [0.2, 0.25) is 0 Å². The fourth-order valence-corrected chi connectivity index (χ4v) is 1.93. The fraction of sp³-hybridized carbons (Fsp3) is 0.800. The predicted molar refractivity (Wildman–Crippen MR) is 77.3 cm³/mol. The van der Waals surface area contributed by atoms with Gasteiger partial charge in [-0.2, -0.15) is 0 Å². The number of carboxylic acids is 1. The molecule has 1 amide bonds. The van der Waals surface area contributed by atoms with Crippen molar-refractivity contribution in [2.45, 2.75) is 65.8 Å². The number of aliphatic carboxylic acids is 1. The molecule has 0 aliphatic rings. The smallest absolute Gasteiger partial charge is 0.325 e. The van der Waals surface area contributed by atoms with E-state index in [-0.39, 0.29) is 24.0 Å². The summed E-state index contributed by atoms with van der Waals surface area (Å²) in [6.45, 7) is 7.23. The van der Waals surface area contributed by atoms with Crippen LogP contribution in [-0.2, 0) is 14.4 Å². The number of ketones is 1. The molecule has 0 saturated carbocycles. The molecule has 0 unspecified atom stereocenters. The Labute approximate surface area is 121 Å². The van der Waals surface area contributed by atoms with Gasteiger partial charge in [-0.05, 0) is 19.3 Å². The largest absolute Gasteiger partial charge is 0.480 e. The van der Waals surface area contributed by atoms with E-state index < -0.39 is 17.9 Å². The summed E-state index contributed by atoms with van der Waals surface area (Å²) in [6, 6.07) is -0.932. The highest BCUT2D eigenvalue weighted by Gasteiger charge is 2.27. The number of Topliss-reactive ketones (excluding diaryl/α,β-unsaturated/α-hetero) is 1. The Kier molecular flexibility index (Phi) is 8.84. The van der Waals surface area contributed by atoms with Crippen LogP contribution in [0.4, 0.5) is 0 Å². The van der Waals surface area contributed by atoms with Crippen LogP contribution >= 0.6 is 0 Å². The van der Waals surface area contributed by atoms with Crippen molar-refractivity contribution in [3.63, 3.8) is 0 Å². The molecule has 2 atom stereocenters. The van der Waals surface area contributed by atoms with E-state index in [1.807, 2.05) is 13.8 Å². The van der Waals surface area contributed by atoms with Crippen LogP contribution in [0, 0.1) is 11.8 Å². The summed E-state index contributed by atoms with van der Waals surface area (Å²) in [5, 5.41) is 11.2. The molecule has 5 nitrogen and oxygen atoms in total. The van der Waals surface area contributed by atoms with E-state index in [1.54, 1.807) is 0 Å². The van der Waals surface area contributed by atoms with Crippen LogP contribution in [0.25, 0.3) is 0 Å². The lowest BCUT2D eigenvalue weighted by atomic mass is 9.88. The van der Waals surface area contributed by atoms with E-state index in [1.165, 1.54) is 6.92 Å². The Morgan fingerprint density at radius 2 is 1.70 bits per heavy atom. The first-order valence-corrected chi connectivity index (χ1v) is 7.34. The monoisotopic (exact) mass is 285 g/mol. The van der Waals surface area contributed by atoms with Crippen molar-refractivity contribution in [3.05, 3.63) is 0 Å². The summed E-state index contributed by atoms with van der Waals surface area (Å²) >= 11 is 0. The standard InChI is InChI=1S/C15H27NO4/c1-5-6-7-8-12(17)9-13(10(2)3)14(18)16-11(4)15(19)20/h10-11,13H,5-9H2,1-4H3,(H,16,18)(H,19,20)/t11-,13-/m0/s1. The highest BCUT2D eigenvalue weighted by molar-refractivity contribution is 5.89. The van der Waals surface area contributed by atoms with Crippen molar-refractivity contribution in [2.75, 3.05) is 0 Å². The summed E-state index contributed by atoms with van der Waals surface area (Å²) in [7, 11) is 0. The number of carbonyl (C=O) groups is 3. The minimum absolute atomic E-state index is 0.00567. The van der Waals surface area contributed by atoms with Gasteiger partial charge in [0, 0.05) is 18.8 Å². The summed E-state index contributed by atoms with van der Waals surface area (Å²) in [5.41, 5.74) is 0. The Bertz CT molecular complexity index is 339. The number of rotatable bonds is 10. The summed E-state index contributed by atoms with van der Waals surface area (Å²) < 4.78 is 0. The number of hydrogen-bond acceptors (Lipinski definition) is 3. The first kappa shape index (κ1) is 18.6. The summed E-state index contributed by atoms with van der Waals surface area (Å²) in [6.07, 6.45) is 3.61. The van der Waals surface area contributed by atoms with Gasteiger partial charge in [0.25, 0.3) is 0 Å². The molecule has 5 heteroatoms. The van der Waals surface area contributed by atoms with Gasteiger partial charge >= 0.3 is 5.97 Å². The van der Waals surface area contributed by atoms with Gasteiger partial charge in [0.2, 0.25) is 5.91 Å². The van der Waals surface area contributed by atoms with Gasteiger partial charge in [-0.25, -0.2) is 0 Å². The van der Waals surface area contributed by atoms with Crippen LogP contribution < -0.4 is 5.32 Å². The molecule has 0 heterocycles. The molecular weight excluding hydrogens is 258 g/mol. The minimum atomic E-state index is -1.07. The first-order valence-electron chi connectivity index (χ1n) is 7.34. The van der Waals surface area contributed by atoms with Gasteiger partial charge in [-0.1, -0.05) is 33.6 Å². The Balaban J connectivity index is 4.45. The maximum absolute atomic E-state index is 12.0. The van der Waals surface area contributed by atoms with E-state index in [0.717, 1.165) is 19.3 Å².